The van der Waals surface area contributed by atoms with Crippen LogP contribution in [0.2, 0.25) is 10.0 Å². The van der Waals surface area contributed by atoms with Crippen molar-refractivity contribution in [3.63, 3.8) is 0 Å². The van der Waals surface area contributed by atoms with Crippen LogP contribution in [0.1, 0.15) is 38.7 Å². The molecule has 1 aliphatic rings. The molecule has 0 aromatic heterocycles. The van der Waals surface area contributed by atoms with E-state index >= 15 is 0 Å². The molecule has 2 nitrogen and oxygen atoms in total. The number of aliphatic hydroxyl groups is 1. The van der Waals surface area contributed by atoms with Gasteiger partial charge in [0.1, 0.15) is 12.6 Å². The van der Waals surface area contributed by atoms with E-state index in [4.69, 9.17) is 23.2 Å². The van der Waals surface area contributed by atoms with Crippen LogP contribution in [0.3, 0.4) is 0 Å². The Bertz CT molecular complexity index is 447. The molecule has 114 valence electrons. The molecule has 0 saturated heterocycles. The van der Waals surface area contributed by atoms with E-state index < -0.39 is 0 Å². The van der Waals surface area contributed by atoms with Crippen LogP contribution < -0.4 is 17.7 Å². The van der Waals surface area contributed by atoms with Crippen LogP contribution in [0.15, 0.2) is 18.2 Å². The van der Waals surface area contributed by atoms with Gasteiger partial charge >= 0.3 is 0 Å². The first kappa shape index (κ1) is 18.1. The number of quaternary nitrogens is 1. The molecule has 0 heterocycles. The van der Waals surface area contributed by atoms with Crippen LogP contribution in [0, 0.1) is 0 Å². The van der Waals surface area contributed by atoms with Crippen molar-refractivity contribution in [1.82, 2.24) is 0 Å². The van der Waals surface area contributed by atoms with E-state index in [1.54, 1.807) is 0 Å². The Labute approximate surface area is 137 Å². The van der Waals surface area contributed by atoms with E-state index in [1.165, 1.54) is 6.42 Å². The zero-order valence-corrected chi connectivity index (χ0v) is 14.1. The second kappa shape index (κ2) is 7.33. The molecule has 1 aliphatic carbocycles. The lowest BCUT2D eigenvalue weighted by Crippen LogP contribution is -3.00. The number of hydrogen-bond acceptors (Lipinski definition) is 1. The van der Waals surface area contributed by atoms with Crippen molar-refractivity contribution in [2.24, 2.45) is 0 Å². The standard InChI is InChI=1S/C15H21Cl2NO.ClH/c1-10(2)18-9-14(19)15(6-3-7-15)11-4-5-12(16)13(17)8-11;/h4-5,8,10,14,18-19H,3,6-7,9H2,1-2H3;1H. The van der Waals surface area contributed by atoms with Crippen molar-refractivity contribution in [2.45, 2.75) is 50.7 Å². The molecule has 0 bridgehead atoms. The molecule has 1 aromatic carbocycles. The fraction of sp³-hybridized carbons (Fsp3) is 0.600. The molecule has 1 unspecified atom stereocenters. The van der Waals surface area contributed by atoms with Crippen molar-refractivity contribution in [1.29, 1.82) is 0 Å². The van der Waals surface area contributed by atoms with Gasteiger partial charge in [0, 0.05) is 5.41 Å². The molecule has 0 spiro atoms. The first-order valence-corrected chi connectivity index (χ1v) is 7.68. The van der Waals surface area contributed by atoms with Gasteiger partial charge in [-0.05, 0) is 44.4 Å². The van der Waals surface area contributed by atoms with Crippen molar-refractivity contribution in [3.8, 4) is 0 Å². The van der Waals surface area contributed by atoms with Gasteiger partial charge in [-0.25, -0.2) is 0 Å². The van der Waals surface area contributed by atoms with Gasteiger partial charge < -0.3 is 22.8 Å². The van der Waals surface area contributed by atoms with Gasteiger partial charge in [0.25, 0.3) is 0 Å². The maximum atomic E-state index is 10.6. The zero-order valence-electron chi connectivity index (χ0n) is 11.9. The van der Waals surface area contributed by atoms with Gasteiger partial charge in [0.15, 0.2) is 0 Å². The third-order valence-electron chi connectivity index (χ3n) is 4.21. The van der Waals surface area contributed by atoms with Gasteiger partial charge in [0.05, 0.1) is 16.1 Å². The van der Waals surface area contributed by atoms with E-state index in [-0.39, 0.29) is 23.9 Å². The summed E-state index contributed by atoms with van der Waals surface area (Å²) >= 11 is 12.1. The van der Waals surface area contributed by atoms with E-state index in [2.05, 4.69) is 19.2 Å². The number of rotatable bonds is 5. The molecular formula is C15H22Cl3NO. The maximum Gasteiger partial charge on any atom is 0.112 e. The third kappa shape index (κ3) is 3.61. The van der Waals surface area contributed by atoms with Crippen LogP contribution in [0.4, 0.5) is 0 Å². The third-order valence-corrected chi connectivity index (χ3v) is 4.95. The maximum absolute atomic E-state index is 10.6. The zero-order chi connectivity index (χ0) is 14.0. The van der Waals surface area contributed by atoms with Gasteiger partial charge in [-0.3, -0.25) is 0 Å². The summed E-state index contributed by atoms with van der Waals surface area (Å²) in [6, 6.07) is 6.26. The number of benzene rings is 1. The van der Waals surface area contributed by atoms with Crippen LogP contribution in [0.25, 0.3) is 0 Å². The van der Waals surface area contributed by atoms with Gasteiger partial charge in [-0.2, -0.15) is 0 Å². The number of halogens is 3. The van der Waals surface area contributed by atoms with Crippen LogP contribution in [-0.2, 0) is 5.41 Å². The number of aliphatic hydroxyl groups excluding tert-OH is 1. The molecular weight excluding hydrogens is 317 g/mol. The van der Waals surface area contributed by atoms with Crippen LogP contribution >= 0.6 is 23.2 Å². The summed E-state index contributed by atoms with van der Waals surface area (Å²) in [6.45, 7) is 5.01. The summed E-state index contributed by atoms with van der Waals surface area (Å²) in [5.41, 5.74) is 0.998. The first-order valence-electron chi connectivity index (χ1n) is 6.92. The Balaban J connectivity index is 0.00000200. The minimum absolute atomic E-state index is 0. The van der Waals surface area contributed by atoms with Crippen molar-refractivity contribution < 1.29 is 22.8 Å². The molecule has 1 atom stereocenters. The smallest absolute Gasteiger partial charge is 0.112 e. The highest BCUT2D eigenvalue weighted by Gasteiger charge is 2.45. The normalized spacial score (nSPS) is 18.3. The molecule has 1 saturated carbocycles. The predicted molar refractivity (Wildman–Crippen MR) is 79.9 cm³/mol. The molecule has 1 aromatic rings. The number of hydrogen-bond donors (Lipinski definition) is 2. The Morgan fingerprint density at radius 2 is 1.90 bits per heavy atom. The molecule has 5 heteroatoms. The molecule has 0 radical (unpaired) electrons. The molecule has 1 fully saturated rings. The predicted octanol–water partition coefficient (Wildman–Crippen LogP) is -0.248. The Morgan fingerprint density at radius 3 is 2.35 bits per heavy atom. The summed E-state index contributed by atoms with van der Waals surface area (Å²) in [5.74, 6) is 0. The monoisotopic (exact) mass is 337 g/mol. The molecule has 0 amide bonds. The van der Waals surface area contributed by atoms with E-state index in [1.807, 2.05) is 18.2 Å². The van der Waals surface area contributed by atoms with Gasteiger partial charge in [-0.15, -0.1) is 0 Å². The summed E-state index contributed by atoms with van der Waals surface area (Å²) < 4.78 is 0. The van der Waals surface area contributed by atoms with Crippen LogP contribution in [-0.4, -0.2) is 23.8 Å². The molecule has 2 rings (SSSR count). The largest absolute Gasteiger partial charge is 1.00 e. The minimum Gasteiger partial charge on any atom is -1.00 e. The Morgan fingerprint density at radius 1 is 1.25 bits per heavy atom. The summed E-state index contributed by atoms with van der Waals surface area (Å²) in [5, 5.41) is 13.9. The quantitative estimate of drug-likeness (QED) is 0.763. The lowest BCUT2D eigenvalue weighted by molar-refractivity contribution is -0.689. The summed E-state index contributed by atoms with van der Waals surface area (Å²) in [4.78, 5) is 0. The Kier molecular flexibility index (Phi) is 6.62. The molecule has 0 aliphatic heterocycles. The average molecular weight is 339 g/mol. The van der Waals surface area contributed by atoms with E-state index in [9.17, 15) is 5.11 Å². The summed E-state index contributed by atoms with van der Waals surface area (Å²) in [6.07, 6.45) is 2.88. The fourth-order valence-electron chi connectivity index (χ4n) is 2.80. The fourth-order valence-corrected chi connectivity index (χ4v) is 3.10. The highest BCUT2D eigenvalue weighted by atomic mass is 35.5. The second-order valence-corrected chi connectivity index (χ2v) is 6.68. The first-order chi connectivity index (χ1) is 8.95. The van der Waals surface area contributed by atoms with Crippen molar-refractivity contribution in [3.05, 3.63) is 33.8 Å². The lowest BCUT2D eigenvalue weighted by Gasteiger charge is -2.45. The van der Waals surface area contributed by atoms with E-state index in [0.717, 1.165) is 24.9 Å². The second-order valence-electron chi connectivity index (χ2n) is 5.87. The molecule has 3 N–H and O–H groups in total. The lowest BCUT2D eigenvalue weighted by atomic mass is 9.61. The SMILES string of the molecule is CC(C)[NH2+]CC(O)C1(c2ccc(Cl)c(Cl)c2)CCC1.[Cl-]. The van der Waals surface area contributed by atoms with Gasteiger partial charge in [0.2, 0.25) is 0 Å². The Hall–Kier alpha value is 0.01000. The minimum atomic E-state index is -0.333. The molecule has 20 heavy (non-hydrogen) atoms. The van der Waals surface area contributed by atoms with E-state index in [0.29, 0.717) is 16.1 Å². The van der Waals surface area contributed by atoms with Crippen molar-refractivity contribution >= 4 is 23.2 Å². The highest BCUT2D eigenvalue weighted by Crippen LogP contribution is 2.47. The van der Waals surface area contributed by atoms with Gasteiger partial charge in [-0.1, -0.05) is 35.7 Å². The summed E-state index contributed by atoms with van der Waals surface area (Å²) in [7, 11) is 0. The average Bonchev–Trinajstić information content (AvgIpc) is 2.29. The highest BCUT2D eigenvalue weighted by molar-refractivity contribution is 6.42. The van der Waals surface area contributed by atoms with Crippen molar-refractivity contribution in [2.75, 3.05) is 6.54 Å². The topological polar surface area (TPSA) is 36.8 Å². The van der Waals surface area contributed by atoms with Crippen LogP contribution in [0.5, 0.6) is 0 Å². The number of nitrogens with two attached hydrogens (primary N) is 1.